The lowest BCUT2D eigenvalue weighted by atomic mass is 9.86. The first-order valence-corrected chi connectivity index (χ1v) is 7.36. The second-order valence-electron chi connectivity index (χ2n) is 5.82. The van der Waals surface area contributed by atoms with Crippen LogP contribution >= 0.6 is 0 Å². The van der Waals surface area contributed by atoms with Gasteiger partial charge in [-0.05, 0) is 45.2 Å². The molecule has 0 saturated carbocycles. The lowest BCUT2D eigenvalue weighted by Crippen LogP contribution is -2.60. The Bertz CT molecular complexity index is 338. The largest absolute Gasteiger partial charge is 0.298 e. The van der Waals surface area contributed by atoms with Crippen LogP contribution in [0.4, 0.5) is 0 Å². The quantitative estimate of drug-likeness (QED) is 0.663. The van der Waals surface area contributed by atoms with Gasteiger partial charge in [-0.25, -0.2) is 0 Å². The van der Waals surface area contributed by atoms with Gasteiger partial charge in [-0.15, -0.1) is 0 Å². The first-order valence-electron chi connectivity index (χ1n) is 7.36. The second-order valence-corrected chi connectivity index (χ2v) is 5.82. The molecule has 3 fully saturated rings. The maximum atomic E-state index is 12.1. The Morgan fingerprint density at radius 1 is 0.778 bits per heavy atom. The normalized spacial score (nSPS) is 34.6. The van der Waals surface area contributed by atoms with E-state index in [0.29, 0.717) is 18.9 Å². The Hall–Kier alpha value is -0.900. The molecule has 0 aromatic carbocycles. The molecule has 100 valence electrons. The summed E-state index contributed by atoms with van der Waals surface area (Å²) in [4.78, 5) is 28.3. The molecule has 2 amide bonds. The van der Waals surface area contributed by atoms with Gasteiger partial charge in [0.15, 0.2) is 0 Å². The summed E-state index contributed by atoms with van der Waals surface area (Å²) < 4.78 is 0. The van der Waals surface area contributed by atoms with Crippen LogP contribution in [-0.4, -0.2) is 46.8 Å². The van der Waals surface area contributed by atoms with Gasteiger partial charge in [0.1, 0.15) is 0 Å². The van der Waals surface area contributed by atoms with Crippen LogP contribution in [0.2, 0.25) is 0 Å². The predicted molar refractivity (Wildman–Crippen MR) is 67.9 cm³/mol. The molecule has 3 heterocycles. The molecule has 0 unspecified atom stereocenters. The second kappa shape index (κ2) is 5.00. The van der Waals surface area contributed by atoms with Gasteiger partial charge in [0.05, 0.1) is 6.04 Å². The predicted octanol–water partition coefficient (Wildman–Crippen LogP) is 1.54. The van der Waals surface area contributed by atoms with Crippen LogP contribution in [0.3, 0.4) is 0 Å². The van der Waals surface area contributed by atoms with Crippen molar-refractivity contribution in [3.63, 3.8) is 0 Å². The molecule has 0 aromatic rings. The first kappa shape index (κ1) is 12.2. The molecule has 0 bridgehead atoms. The summed E-state index contributed by atoms with van der Waals surface area (Å²) >= 11 is 0. The summed E-state index contributed by atoms with van der Waals surface area (Å²) in [6.45, 7) is 2.30. The third-order valence-corrected chi connectivity index (χ3v) is 4.70. The van der Waals surface area contributed by atoms with Crippen molar-refractivity contribution >= 4 is 11.8 Å². The van der Waals surface area contributed by atoms with Gasteiger partial charge in [-0.1, -0.05) is 6.42 Å². The maximum Gasteiger partial charge on any atom is 0.229 e. The number of piperidine rings is 3. The molecule has 0 spiro atoms. The summed E-state index contributed by atoms with van der Waals surface area (Å²) in [7, 11) is 0. The first-order chi connectivity index (χ1) is 8.77. The van der Waals surface area contributed by atoms with Crippen molar-refractivity contribution in [1.82, 2.24) is 9.80 Å². The van der Waals surface area contributed by atoms with Crippen LogP contribution in [0, 0.1) is 0 Å². The van der Waals surface area contributed by atoms with Crippen LogP contribution in [0.5, 0.6) is 0 Å². The van der Waals surface area contributed by atoms with E-state index in [1.807, 2.05) is 0 Å². The number of hydrogen-bond donors (Lipinski definition) is 0. The van der Waals surface area contributed by atoms with E-state index >= 15 is 0 Å². The number of likely N-dealkylation sites (tertiary alicyclic amines) is 1. The topological polar surface area (TPSA) is 40.6 Å². The van der Waals surface area contributed by atoms with Gasteiger partial charge in [-0.2, -0.15) is 0 Å². The van der Waals surface area contributed by atoms with Crippen molar-refractivity contribution < 1.29 is 9.59 Å². The number of imide groups is 1. The fourth-order valence-electron chi connectivity index (χ4n) is 3.87. The third kappa shape index (κ3) is 2.07. The molecule has 3 rings (SSSR count). The van der Waals surface area contributed by atoms with Crippen LogP contribution in [0.25, 0.3) is 0 Å². The van der Waals surface area contributed by atoms with Crippen molar-refractivity contribution in [2.75, 3.05) is 13.1 Å². The number of fused-ring (bicyclic) bond motifs is 1. The van der Waals surface area contributed by atoms with Crippen LogP contribution in [0.15, 0.2) is 0 Å². The summed E-state index contributed by atoms with van der Waals surface area (Å²) in [6, 6.07) is 0.609. The standard InChI is InChI=1S/C14H22N2O2/c17-13-7-3-8-14(18)16(13)12-6-4-10-15-9-2-1-5-11(12)15/h11-12H,1-10H2/t11-,12+/m0/s1. The van der Waals surface area contributed by atoms with E-state index in [2.05, 4.69) is 4.90 Å². The van der Waals surface area contributed by atoms with Gasteiger partial charge in [0.2, 0.25) is 11.8 Å². The zero-order valence-corrected chi connectivity index (χ0v) is 10.9. The molecule has 0 N–H and O–H groups in total. The molecular formula is C14H22N2O2. The average molecular weight is 250 g/mol. The van der Waals surface area contributed by atoms with Crippen LogP contribution in [-0.2, 0) is 9.59 Å². The summed E-state index contributed by atoms with van der Waals surface area (Å²) in [5.41, 5.74) is 0. The van der Waals surface area contributed by atoms with Crippen molar-refractivity contribution in [2.45, 2.75) is 63.5 Å². The number of amides is 2. The van der Waals surface area contributed by atoms with Gasteiger partial charge < -0.3 is 0 Å². The van der Waals surface area contributed by atoms with Crippen molar-refractivity contribution in [2.24, 2.45) is 0 Å². The molecule has 3 aliphatic rings. The van der Waals surface area contributed by atoms with E-state index in [9.17, 15) is 9.59 Å². The van der Waals surface area contributed by atoms with Gasteiger partial charge in [-0.3, -0.25) is 19.4 Å². The number of carbonyl (C=O) groups is 2. The van der Waals surface area contributed by atoms with Gasteiger partial charge in [0.25, 0.3) is 0 Å². The van der Waals surface area contributed by atoms with Crippen LogP contribution in [0.1, 0.15) is 51.4 Å². The molecule has 0 aliphatic carbocycles. The molecule has 0 radical (unpaired) electrons. The third-order valence-electron chi connectivity index (χ3n) is 4.70. The van der Waals surface area contributed by atoms with Gasteiger partial charge >= 0.3 is 0 Å². The maximum absolute atomic E-state index is 12.1. The molecule has 18 heavy (non-hydrogen) atoms. The summed E-state index contributed by atoms with van der Waals surface area (Å²) in [6.07, 6.45) is 7.68. The smallest absolute Gasteiger partial charge is 0.229 e. The Morgan fingerprint density at radius 3 is 2.22 bits per heavy atom. The monoisotopic (exact) mass is 250 g/mol. The number of hydrogen-bond acceptors (Lipinski definition) is 3. The fraction of sp³-hybridized carbons (Fsp3) is 0.857. The van der Waals surface area contributed by atoms with Gasteiger partial charge in [0, 0.05) is 18.9 Å². The molecule has 3 saturated heterocycles. The highest BCUT2D eigenvalue weighted by Gasteiger charge is 2.41. The Labute approximate surface area is 108 Å². The van der Waals surface area contributed by atoms with E-state index < -0.39 is 0 Å². The highest BCUT2D eigenvalue weighted by atomic mass is 16.2. The minimum atomic E-state index is 0.0728. The van der Waals surface area contributed by atoms with Crippen molar-refractivity contribution in [3.8, 4) is 0 Å². The minimum absolute atomic E-state index is 0.0728. The van der Waals surface area contributed by atoms with Crippen molar-refractivity contribution in [1.29, 1.82) is 0 Å². The zero-order valence-electron chi connectivity index (χ0n) is 10.9. The van der Waals surface area contributed by atoms with E-state index in [0.717, 1.165) is 38.8 Å². The van der Waals surface area contributed by atoms with E-state index in [1.165, 1.54) is 12.8 Å². The zero-order chi connectivity index (χ0) is 12.5. The highest BCUT2D eigenvalue weighted by Crippen LogP contribution is 2.31. The Morgan fingerprint density at radius 2 is 1.44 bits per heavy atom. The fourth-order valence-corrected chi connectivity index (χ4v) is 3.87. The number of carbonyl (C=O) groups excluding carboxylic acids is 2. The molecular weight excluding hydrogens is 228 g/mol. The minimum Gasteiger partial charge on any atom is -0.298 e. The average Bonchev–Trinajstić information content (AvgIpc) is 2.39. The van der Waals surface area contributed by atoms with E-state index in [-0.39, 0.29) is 17.9 Å². The Kier molecular flexibility index (Phi) is 3.37. The number of rotatable bonds is 1. The SMILES string of the molecule is O=C1CCCC(=O)N1[C@@H]1CCCN2CCCC[C@@H]12. The number of nitrogens with zero attached hydrogens (tertiary/aromatic N) is 2. The summed E-state index contributed by atoms with van der Waals surface area (Å²) in [5.74, 6) is 0.146. The van der Waals surface area contributed by atoms with Crippen LogP contribution < -0.4 is 0 Å². The lowest BCUT2D eigenvalue weighted by molar-refractivity contribution is -0.154. The van der Waals surface area contributed by atoms with Crippen molar-refractivity contribution in [3.05, 3.63) is 0 Å². The summed E-state index contributed by atoms with van der Waals surface area (Å²) in [5, 5.41) is 0. The van der Waals surface area contributed by atoms with E-state index in [4.69, 9.17) is 0 Å². The molecule has 4 nitrogen and oxygen atoms in total. The Balaban J connectivity index is 1.80. The molecule has 3 aliphatic heterocycles. The molecule has 2 atom stereocenters. The van der Waals surface area contributed by atoms with E-state index in [1.54, 1.807) is 4.90 Å². The molecule has 0 aromatic heterocycles. The molecule has 4 heteroatoms. The lowest BCUT2D eigenvalue weighted by Gasteiger charge is -2.48. The highest BCUT2D eigenvalue weighted by molar-refractivity contribution is 5.98.